The maximum absolute atomic E-state index is 6.92. The molecule has 27 heavy (non-hydrogen) atoms. The van der Waals surface area contributed by atoms with Crippen LogP contribution in [0.25, 0.3) is 5.76 Å². The lowest BCUT2D eigenvalue weighted by Crippen LogP contribution is -2.42. The molecule has 1 aliphatic rings. The molecule has 0 N–H and O–H groups in total. The van der Waals surface area contributed by atoms with Gasteiger partial charge < -0.3 is 13.9 Å². The molecule has 2 rings (SSSR count). The Balaban J connectivity index is 2.65. The van der Waals surface area contributed by atoms with Crippen molar-refractivity contribution < 1.29 is 13.9 Å². The summed E-state index contributed by atoms with van der Waals surface area (Å²) in [6, 6.07) is 6.31. The summed E-state index contributed by atoms with van der Waals surface area (Å²) in [6.45, 7) is 18.8. The first-order valence-electron chi connectivity index (χ1n) is 9.96. The molecule has 3 nitrogen and oxygen atoms in total. The summed E-state index contributed by atoms with van der Waals surface area (Å²) in [6.07, 6.45) is 2.10. The van der Waals surface area contributed by atoms with Gasteiger partial charge in [-0.2, -0.15) is 0 Å². The second-order valence-corrected chi connectivity index (χ2v) is 20.0. The molecular formula is C22H38O3Si2. The third kappa shape index (κ3) is 4.52. The lowest BCUT2D eigenvalue weighted by Gasteiger charge is -2.39. The van der Waals surface area contributed by atoms with Crippen molar-refractivity contribution in [2.75, 3.05) is 14.2 Å². The molecule has 152 valence electrons. The van der Waals surface area contributed by atoms with Gasteiger partial charge in [0.05, 0.1) is 34.0 Å². The van der Waals surface area contributed by atoms with Gasteiger partial charge in [-0.3, -0.25) is 0 Å². The van der Waals surface area contributed by atoms with Crippen molar-refractivity contribution in [1.29, 1.82) is 0 Å². The molecule has 0 radical (unpaired) electrons. The normalized spacial score (nSPS) is 18.8. The van der Waals surface area contributed by atoms with Gasteiger partial charge in [0.25, 0.3) is 0 Å². The van der Waals surface area contributed by atoms with E-state index in [1.54, 1.807) is 14.2 Å². The molecule has 1 aliphatic carbocycles. The maximum atomic E-state index is 6.92. The molecule has 0 aliphatic heterocycles. The Bertz CT molecular complexity index is 709. The highest BCUT2D eigenvalue weighted by atomic mass is 28.4. The number of hydrogen-bond acceptors (Lipinski definition) is 3. The zero-order valence-corrected chi connectivity index (χ0v) is 20.9. The first kappa shape index (κ1) is 22.2. The van der Waals surface area contributed by atoms with Crippen molar-refractivity contribution >= 4 is 22.2 Å². The van der Waals surface area contributed by atoms with Gasteiger partial charge in [0.1, 0.15) is 11.5 Å². The van der Waals surface area contributed by atoms with Gasteiger partial charge in [-0.1, -0.05) is 52.5 Å². The van der Waals surface area contributed by atoms with E-state index in [2.05, 4.69) is 65.6 Å². The van der Waals surface area contributed by atoms with Gasteiger partial charge in [-0.15, -0.1) is 0 Å². The molecule has 0 spiro atoms. The van der Waals surface area contributed by atoms with E-state index in [-0.39, 0.29) is 11.1 Å². The van der Waals surface area contributed by atoms with Crippen LogP contribution >= 0.6 is 0 Å². The minimum Gasteiger partial charge on any atom is -0.496 e. The van der Waals surface area contributed by atoms with Crippen LogP contribution in [0.2, 0.25) is 37.8 Å². The van der Waals surface area contributed by atoms with Gasteiger partial charge in [0.2, 0.25) is 0 Å². The predicted molar refractivity (Wildman–Crippen MR) is 121 cm³/mol. The van der Waals surface area contributed by atoms with Crippen LogP contribution < -0.4 is 4.74 Å². The third-order valence-electron chi connectivity index (χ3n) is 6.14. The molecule has 0 bridgehead atoms. The topological polar surface area (TPSA) is 27.7 Å². The fourth-order valence-electron chi connectivity index (χ4n) is 3.52. The Morgan fingerprint density at radius 3 is 2.07 bits per heavy atom. The second-order valence-electron chi connectivity index (χ2n) is 10.1. The molecule has 0 aromatic heterocycles. The number of benzene rings is 1. The van der Waals surface area contributed by atoms with E-state index in [4.69, 9.17) is 13.9 Å². The molecule has 0 heterocycles. The highest BCUT2D eigenvalue weighted by Gasteiger charge is 2.41. The van der Waals surface area contributed by atoms with E-state index in [9.17, 15) is 0 Å². The number of allylic oxidation sites excluding steroid dienone is 1. The Morgan fingerprint density at radius 2 is 1.59 bits per heavy atom. The molecule has 1 aromatic carbocycles. The summed E-state index contributed by atoms with van der Waals surface area (Å²) in [4.78, 5) is 0. The molecule has 1 unspecified atom stereocenters. The van der Waals surface area contributed by atoms with Crippen molar-refractivity contribution in [3.8, 4) is 5.75 Å². The number of ether oxygens (including phenoxy) is 2. The minimum absolute atomic E-state index is 0.0787. The van der Waals surface area contributed by atoms with Crippen LogP contribution in [-0.2, 0) is 9.16 Å². The van der Waals surface area contributed by atoms with E-state index >= 15 is 0 Å². The number of rotatable bonds is 5. The summed E-state index contributed by atoms with van der Waals surface area (Å²) in [5, 5.41) is 1.65. The first-order valence-corrected chi connectivity index (χ1v) is 16.4. The van der Waals surface area contributed by atoms with Gasteiger partial charge in [-0.05, 0) is 47.8 Å². The van der Waals surface area contributed by atoms with Gasteiger partial charge in [-0.25, -0.2) is 0 Å². The lowest BCUT2D eigenvalue weighted by molar-refractivity contribution is 0.174. The van der Waals surface area contributed by atoms with Crippen molar-refractivity contribution in [1.82, 2.24) is 0 Å². The molecule has 0 amide bonds. The summed E-state index contributed by atoms with van der Waals surface area (Å²) in [5.41, 5.74) is 2.31. The van der Waals surface area contributed by atoms with Crippen LogP contribution in [0.1, 0.15) is 50.8 Å². The van der Waals surface area contributed by atoms with Crippen LogP contribution in [0.15, 0.2) is 23.4 Å². The Labute approximate surface area is 168 Å². The molecule has 1 aromatic rings. The van der Waals surface area contributed by atoms with Crippen LogP contribution in [0.4, 0.5) is 0 Å². The second kappa shape index (κ2) is 7.76. The number of hydrogen-bond donors (Lipinski definition) is 0. The van der Waals surface area contributed by atoms with E-state index in [0.717, 1.165) is 29.9 Å². The maximum Gasteiger partial charge on any atom is 0.192 e. The highest BCUT2D eigenvalue weighted by molar-refractivity contribution is 6.83. The van der Waals surface area contributed by atoms with Crippen molar-refractivity contribution in [2.45, 2.75) is 77.5 Å². The van der Waals surface area contributed by atoms with Gasteiger partial charge in [0.15, 0.2) is 8.32 Å². The minimum atomic E-state index is -1.90. The van der Waals surface area contributed by atoms with Crippen LogP contribution in [0.5, 0.6) is 5.75 Å². The summed E-state index contributed by atoms with van der Waals surface area (Å²) in [5.74, 6) is 1.90. The van der Waals surface area contributed by atoms with E-state index in [1.807, 2.05) is 6.07 Å². The fraction of sp³-hybridized carbons (Fsp3) is 0.636. The Morgan fingerprint density at radius 1 is 0.963 bits per heavy atom. The van der Waals surface area contributed by atoms with Crippen molar-refractivity contribution in [3.63, 3.8) is 0 Å². The van der Waals surface area contributed by atoms with E-state index in [0.29, 0.717) is 0 Å². The predicted octanol–water partition coefficient (Wildman–Crippen LogP) is 6.79. The molecule has 0 fully saturated rings. The standard InChI is InChI=1S/C22H38O3Si2/c1-22(2,3)27(9,10)25-17-14-15-19(26(6,7)8)21(24-5)20-16(17)12-11-13-18(20)23-4/h11-13,17H,14-15H2,1-10H3. The molecule has 0 saturated heterocycles. The van der Waals surface area contributed by atoms with Gasteiger partial charge >= 0.3 is 0 Å². The van der Waals surface area contributed by atoms with Crippen LogP contribution in [-0.4, -0.2) is 30.6 Å². The smallest absolute Gasteiger partial charge is 0.192 e. The van der Waals surface area contributed by atoms with Crippen molar-refractivity contribution in [3.05, 3.63) is 34.5 Å². The molecule has 0 saturated carbocycles. The largest absolute Gasteiger partial charge is 0.496 e. The summed E-state index contributed by atoms with van der Waals surface area (Å²) in [7, 11) is 0.0876. The van der Waals surface area contributed by atoms with Crippen LogP contribution in [0, 0.1) is 0 Å². The lowest BCUT2D eigenvalue weighted by atomic mass is 10.00. The summed E-state index contributed by atoms with van der Waals surface area (Å²) >= 11 is 0. The molecule has 1 atom stereocenters. The molecule has 5 heteroatoms. The Kier molecular flexibility index (Phi) is 6.39. The quantitative estimate of drug-likeness (QED) is 0.504. The van der Waals surface area contributed by atoms with Crippen molar-refractivity contribution in [2.24, 2.45) is 0 Å². The van der Waals surface area contributed by atoms with E-state index in [1.165, 1.54) is 10.8 Å². The number of fused-ring (bicyclic) bond motifs is 1. The average Bonchev–Trinajstić information content (AvgIpc) is 2.70. The molecular weight excluding hydrogens is 368 g/mol. The first-order chi connectivity index (χ1) is 12.3. The fourth-order valence-corrected chi connectivity index (χ4v) is 6.63. The SMILES string of the molecule is COC1=C([Si](C)(C)C)CCC(O[Si](C)(C)C(C)(C)C)c2cccc(OC)c21. The zero-order chi connectivity index (χ0) is 20.6. The summed E-state index contributed by atoms with van der Waals surface area (Å²) < 4.78 is 18.7. The van der Waals surface area contributed by atoms with E-state index < -0.39 is 16.4 Å². The number of methoxy groups -OCH3 is 2. The zero-order valence-electron chi connectivity index (χ0n) is 18.9. The van der Waals surface area contributed by atoms with Crippen LogP contribution in [0.3, 0.4) is 0 Å². The highest BCUT2D eigenvalue weighted by Crippen LogP contribution is 2.47. The third-order valence-corrected chi connectivity index (χ3v) is 12.9. The Hall–Kier alpha value is -1.05. The van der Waals surface area contributed by atoms with Gasteiger partial charge in [0, 0.05) is 0 Å². The monoisotopic (exact) mass is 406 g/mol. The average molecular weight is 407 g/mol.